The summed E-state index contributed by atoms with van der Waals surface area (Å²) in [5.74, 6) is 0.856. The highest BCUT2D eigenvalue weighted by molar-refractivity contribution is 9.10. The van der Waals surface area contributed by atoms with Crippen molar-refractivity contribution in [1.82, 2.24) is 10.3 Å². The molecule has 0 aliphatic rings. The summed E-state index contributed by atoms with van der Waals surface area (Å²) in [7, 11) is 0. The molecule has 0 saturated carbocycles. The largest absolute Gasteiger partial charge is 0.488 e. The summed E-state index contributed by atoms with van der Waals surface area (Å²) in [6.45, 7) is 2.17. The number of hydrogen-bond acceptors (Lipinski definition) is 3. The number of aromatic nitrogens is 1. The van der Waals surface area contributed by atoms with Gasteiger partial charge in [0, 0.05) is 25.5 Å². The van der Waals surface area contributed by atoms with Gasteiger partial charge in [0.1, 0.15) is 12.4 Å². The molecule has 3 nitrogen and oxygen atoms in total. The topological polar surface area (TPSA) is 34.2 Å². The summed E-state index contributed by atoms with van der Waals surface area (Å²) in [6.07, 6.45) is 3.66. The van der Waals surface area contributed by atoms with Gasteiger partial charge < -0.3 is 10.1 Å². The zero-order valence-electron chi connectivity index (χ0n) is 13.3. The van der Waals surface area contributed by atoms with Gasteiger partial charge in [-0.1, -0.05) is 42.5 Å². The van der Waals surface area contributed by atoms with Crippen molar-refractivity contribution in [2.24, 2.45) is 0 Å². The maximum atomic E-state index is 5.88. The highest BCUT2D eigenvalue weighted by atomic mass is 79.9. The second kappa shape index (κ2) is 8.62. The fraction of sp³-hybridized carbons (Fsp3) is 0.150. The van der Waals surface area contributed by atoms with E-state index in [9.17, 15) is 0 Å². The van der Waals surface area contributed by atoms with Crippen molar-refractivity contribution < 1.29 is 4.74 Å². The van der Waals surface area contributed by atoms with Gasteiger partial charge in [-0.2, -0.15) is 0 Å². The Morgan fingerprint density at radius 1 is 0.875 bits per heavy atom. The molecule has 0 aliphatic heterocycles. The van der Waals surface area contributed by atoms with Gasteiger partial charge in [-0.3, -0.25) is 4.98 Å². The van der Waals surface area contributed by atoms with E-state index in [0.29, 0.717) is 6.61 Å². The lowest BCUT2D eigenvalue weighted by Crippen LogP contribution is -2.12. The standard InChI is InChI=1S/C20H19BrN2O/c21-19-11-17(12-23-14-18-7-4-10-22-13-18)8-9-20(19)24-15-16-5-2-1-3-6-16/h1-11,13,23H,12,14-15H2. The van der Waals surface area contributed by atoms with Crippen LogP contribution in [0.1, 0.15) is 16.7 Å². The number of hydrogen-bond donors (Lipinski definition) is 1. The molecule has 2 aromatic carbocycles. The van der Waals surface area contributed by atoms with Crippen LogP contribution in [0.25, 0.3) is 0 Å². The first-order valence-corrected chi connectivity index (χ1v) is 8.65. The first kappa shape index (κ1) is 16.7. The van der Waals surface area contributed by atoms with Gasteiger partial charge in [0.2, 0.25) is 0 Å². The van der Waals surface area contributed by atoms with Gasteiger partial charge in [0.25, 0.3) is 0 Å². The molecule has 0 bridgehead atoms. The van der Waals surface area contributed by atoms with Crippen molar-refractivity contribution in [3.05, 3.63) is 94.2 Å². The summed E-state index contributed by atoms with van der Waals surface area (Å²) in [6, 6.07) is 20.4. The van der Waals surface area contributed by atoms with E-state index >= 15 is 0 Å². The predicted octanol–water partition coefficient (Wildman–Crippen LogP) is 4.71. The lowest BCUT2D eigenvalue weighted by atomic mass is 10.2. The average molecular weight is 383 g/mol. The second-order valence-electron chi connectivity index (χ2n) is 5.50. The van der Waals surface area contributed by atoms with Crippen molar-refractivity contribution >= 4 is 15.9 Å². The molecule has 122 valence electrons. The van der Waals surface area contributed by atoms with Crippen LogP contribution in [0, 0.1) is 0 Å². The zero-order chi connectivity index (χ0) is 16.6. The highest BCUT2D eigenvalue weighted by Crippen LogP contribution is 2.26. The van der Waals surface area contributed by atoms with Crippen LogP contribution in [-0.2, 0) is 19.7 Å². The molecule has 0 atom stereocenters. The quantitative estimate of drug-likeness (QED) is 0.642. The number of ether oxygens (including phenoxy) is 1. The lowest BCUT2D eigenvalue weighted by molar-refractivity contribution is 0.304. The zero-order valence-corrected chi connectivity index (χ0v) is 14.9. The van der Waals surface area contributed by atoms with E-state index < -0.39 is 0 Å². The van der Waals surface area contributed by atoms with E-state index in [4.69, 9.17) is 4.74 Å². The van der Waals surface area contributed by atoms with E-state index in [1.54, 1.807) is 6.20 Å². The van der Waals surface area contributed by atoms with Gasteiger partial charge in [0.15, 0.2) is 0 Å². The Balaban J connectivity index is 1.52. The number of rotatable bonds is 7. The number of nitrogens with one attached hydrogen (secondary N) is 1. The first-order chi connectivity index (χ1) is 11.8. The summed E-state index contributed by atoms with van der Waals surface area (Å²) >= 11 is 3.59. The Hall–Kier alpha value is -2.17. The van der Waals surface area contributed by atoms with Crippen LogP contribution in [0.3, 0.4) is 0 Å². The molecule has 0 spiro atoms. The third-order valence-electron chi connectivity index (χ3n) is 3.61. The summed E-state index contributed by atoms with van der Waals surface area (Å²) in [5.41, 5.74) is 3.55. The fourth-order valence-electron chi connectivity index (χ4n) is 2.36. The Labute approximate surface area is 150 Å². The van der Waals surface area contributed by atoms with E-state index in [2.05, 4.69) is 56.6 Å². The summed E-state index contributed by atoms with van der Waals surface area (Å²) in [4.78, 5) is 4.12. The molecule has 0 amide bonds. The monoisotopic (exact) mass is 382 g/mol. The fourth-order valence-corrected chi connectivity index (χ4v) is 2.90. The molecule has 0 unspecified atom stereocenters. The van der Waals surface area contributed by atoms with Crippen LogP contribution in [0.2, 0.25) is 0 Å². The first-order valence-electron chi connectivity index (χ1n) is 7.86. The molecule has 0 aliphatic carbocycles. The van der Waals surface area contributed by atoms with E-state index in [0.717, 1.165) is 28.9 Å². The van der Waals surface area contributed by atoms with Crippen molar-refractivity contribution in [3.8, 4) is 5.75 Å². The van der Waals surface area contributed by atoms with Crippen molar-refractivity contribution in [2.45, 2.75) is 19.7 Å². The second-order valence-corrected chi connectivity index (χ2v) is 6.36. The van der Waals surface area contributed by atoms with Gasteiger partial charge in [-0.05, 0) is 50.8 Å². The van der Waals surface area contributed by atoms with E-state index in [-0.39, 0.29) is 0 Å². The van der Waals surface area contributed by atoms with Crippen molar-refractivity contribution in [3.63, 3.8) is 0 Å². The molecule has 1 heterocycles. The molecule has 1 N–H and O–H groups in total. The Morgan fingerprint density at radius 2 is 1.67 bits per heavy atom. The van der Waals surface area contributed by atoms with E-state index in [1.807, 2.05) is 36.5 Å². The van der Waals surface area contributed by atoms with Gasteiger partial charge in [-0.25, -0.2) is 0 Å². The molecule has 24 heavy (non-hydrogen) atoms. The van der Waals surface area contributed by atoms with Crippen LogP contribution < -0.4 is 10.1 Å². The van der Waals surface area contributed by atoms with Gasteiger partial charge >= 0.3 is 0 Å². The van der Waals surface area contributed by atoms with Crippen molar-refractivity contribution in [1.29, 1.82) is 0 Å². The number of nitrogens with zero attached hydrogens (tertiary/aromatic N) is 1. The molecule has 3 rings (SSSR count). The lowest BCUT2D eigenvalue weighted by Gasteiger charge is -2.10. The predicted molar refractivity (Wildman–Crippen MR) is 99.7 cm³/mol. The van der Waals surface area contributed by atoms with Gasteiger partial charge in [0.05, 0.1) is 4.47 Å². The SMILES string of the molecule is Brc1cc(CNCc2cccnc2)ccc1OCc1ccccc1. The maximum absolute atomic E-state index is 5.88. The minimum atomic E-state index is 0.568. The average Bonchev–Trinajstić information content (AvgIpc) is 2.63. The summed E-state index contributed by atoms with van der Waals surface area (Å²) < 4.78 is 6.85. The Kier molecular flexibility index (Phi) is 5.99. The Morgan fingerprint density at radius 3 is 2.42 bits per heavy atom. The Bertz CT molecular complexity index is 763. The van der Waals surface area contributed by atoms with Crippen LogP contribution in [0.15, 0.2) is 77.5 Å². The minimum Gasteiger partial charge on any atom is -0.488 e. The van der Waals surface area contributed by atoms with Crippen LogP contribution in [0.5, 0.6) is 5.75 Å². The third-order valence-corrected chi connectivity index (χ3v) is 4.23. The highest BCUT2D eigenvalue weighted by Gasteiger charge is 2.03. The van der Waals surface area contributed by atoms with Crippen LogP contribution in [0.4, 0.5) is 0 Å². The van der Waals surface area contributed by atoms with Crippen LogP contribution in [-0.4, -0.2) is 4.98 Å². The van der Waals surface area contributed by atoms with Gasteiger partial charge in [-0.15, -0.1) is 0 Å². The molecule has 3 aromatic rings. The van der Waals surface area contributed by atoms with Crippen molar-refractivity contribution in [2.75, 3.05) is 0 Å². The number of halogens is 1. The molecule has 4 heteroatoms. The molecule has 1 aromatic heterocycles. The molecule has 0 fully saturated rings. The molecular formula is C20H19BrN2O. The maximum Gasteiger partial charge on any atom is 0.134 e. The molecule has 0 radical (unpaired) electrons. The van der Waals surface area contributed by atoms with Crippen LogP contribution >= 0.6 is 15.9 Å². The smallest absolute Gasteiger partial charge is 0.134 e. The third kappa shape index (κ3) is 4.91. The summed E-state index contributed by atoms with van der Waals surface area (Å²) in [5, 5.41) is 3.42. The molecular weight excluding hydrogens is 364 g/mol. The minimum absolute atomic E-state index is 0.568. The normalized spacial score (nSPS) is 10.5. The van der Waals surface area contributed by atoms with E-state index in [1.165, 1.54) is 11.1 Å². The number of pyridine rings is 1. The molecule has 0 saturated heterocycles. The number of benzene rings is 2.